The minimum atomic E-state index is 0.549. The Labute approximate surface area is 135 Å². The molecule has 0 aromatic carbocycles. The lowest BCUT2D eigenvalue weighted by Crippen LogP contribution is -2.03. The number of thiophene rings is 1. The third-order valence-corrected chi connectivity index (χ3v) is 5.08. The van der Waals surface area contributed by atoms with Crippen molar-refractivity contribution in [2.75, 3.05) is 17.6 Å². The van der Waals surface area contributed by atoms with Gasteiger partial charge in [0.25, 0.3) is 0 Å². The molecule has 3 aromatic heterocycles. The molecular formula is C14H13ClN4S2. The van der Waals surface area contributed by atoms with Crippen LogP contribution in [0.1, 0.15) is 4.88 Å². The summed E-state index contributed by atoms with van der Waals surface area (Å²) in [5.41, 5.74) is 7.96. The molecule has 0 fully saturated rings. The van der Waals surface area contributed by atoms with Crippen molar-refractivity contribution in [3.63, 3.8) is 0 Å². The van der Waals surface area contributed by atoms with Gasteiger partial charge < -0.3 is 11.1 Å². The van der Waals surface area contributed by atoms with Crippen LogP contribution in [-0.4, -0.2) is 15.9 Å². The number of halogens is 1. The van der Waals surface area contributed by atoms with E-state index in [2.05, 4.69) is 20.7 Å². The van der Waals surface area contributed by atoms with Crippen LogP contribution in [0.15, 0.2) is 36.7 Å². The number of aromatic nitrogens is 2. The first-order valence-electron chi connectivity index (χ1n) is 6.37. The second kappa shape index (κ2) is 6.43. The Bertz CT molecular complexity index is 724. The van der Waals surface area contributed by atoms with Gasteiger partial charge in [0, 0.05) is 23.8 Å². The monoisotopic (exact) mass is 336 g/mol. The molecule has 0 saturated carbocycles. The fourth-order valence-corrected chi connectivity index (χ4v) is 3.85. The van der Waals surface area contributed by atoms with E-state index in [0.717, 1.165) is 33.4 Å². The molecule has 0 bridgehead atoms. The van der Waals surface area contributed by atoms with Gasteiger partial charge in [-0.3, -0.25) is 4.98 Å². The van der Waals surface area contributed by atoms with Crippen molar-refractivity contribution >= 4 is 45.3 Å². The normalized spacial score (nSPS) is 10.7. The molecule has 0 aliphatic rings. The fourth-order valence-electron chi connectivity index (χ4n) is 2.01. The molecule has 0 unspecified atom stereocenters. The van der Waals surface area contributed by atoms with Gasteiger partial charge in [0.2, 0.25) is 0 Å². The maximum absolute atomic E-state index is 5.98. The summed E-state index contributed by atoms with van der Waals surface area (Å²) >= 11 is 8.92. The van der Waals surface area contributed by atoms with Crippen LogP contribution in [0.4, 0.5) is 10.8 Å². The van der Waals surface area contributed by atoms with Crippen molar-refractivity contribution in [1.29, 1.82) is 0 Å². The van der Waals surface area contributed by atoms with E-state index in [4.69, 9.17) is 17.3 Å². The zero-order chi connectivity index (χ0) is 14.7. The van der Waals surface area contributed by atoms with E-state index in [1.54, 1.807) is 23.7 Å². The van der Waals surface area contributed by atoms with Crippen molar-refractivity contribution in [3.05, 3.63) is 45.9 Å². The van der Waals surface area contributed by atoms with E-state index < -0.39 is 0 Å². The summed E-state index contributed by atoms with van der Waals surface area (Å²) in [6, 6.07) is 7.85. The largest absolute Gasteiger partial charge is 0.382 e. The summed E-state index contributed by atoms with van der Waals surface area (Å²) < 4.78 is 5.06. The number of hydrogen-bond donors (Lipinski definition) is 2. The van der Waals surface area contributed by atoms with Gasteiger partial charge in [0.15, 0.2) is 0 Å². The molecular weight excluding hydrogens is 324 g/mol. The standard InChI is InChI=1S/C14H13ClN4S2/c15-11-2-1-10(20-11)5-8-18-14-12(13(16)19-21-14)9-3-6-17-7-4-9/h1-4,6-7,18H,5,8H2,(H2,16,19). The molecule has 108 valence electrons. The third-order valence-electron chi connectivity index (χ3n) is 2.97. The van der Waals surface area contributed by atoms with E-state index >= 15 is 0 Å². The minimum absolute atomic E-state index is 0.549. The first-order valence-corrected chi connectivity index (χ1v) is 8.34. The number of nitrogens with two attached hydrogens (primary N) is 1. The van der Waals surface area contributed by atoms with Gasteiger partial charge in [0.05, 0.1) is 9.90 Å². The molecule has 3 heterocycles. The van der Waals surface area contributed by atoms with Crippen LogP contribution in [0, 0.1) is 0 Å². The van der Waals surface area contributed by atoms with Gasteiger partial charge in [0.1, 0.15) is 10.8 Å². The van der Waals surface area contributed by atoms with Gasteiger partial charge in [-0.05, 0) is 47.8 Å². The Morgan fingerprint density at radius 2 is 2.00 bits per heavy atom. The Balaban J connectivity index is 1.72. The van der Waals surface area contributed by atoms with Crippen LogP contribution >= 0.6 is 34.5 Å². The molecule has 0 amide bonds. The predicted octanol–water partition coefficient (Wildman–Crippen LogP) is 4.16. The van der Waals surface area contributed by atoms with Gasteiger partial charge in [-0.25, -0.2) is 0 Å². The molecule has 3 rings (SSSR count). The van der Waals surface area contributed by atoms with Crippen LogP contribution in [0.5, 0.6) is 0 Å². The fraction of sp³-hybridized carbons (Fsp3) is 0.143. The highest BCUT2D eigenvalue weighted by molar-refractivity contribution is 7.16. The van der Waals surface area contributed by atoms with Crippen molar-refractivity contribution in [2.45, 2.75) is 6.42 Å². The first kappa shape index (κ1) is 14.3. The summed E-state index contributed by atoms with van der Waals surface area (Å²) in [4.78, 5) is 5.29. The predicted molar refractivity (Wildman–Crippen MR) is 91.3 cm³/mol. The summed E-state index contributed by atoms with van der Waals surface area (Å²) in [5.74, 6) is 0.549. The highest BCUT2D eigenvalue weighted by atomic mass is 35.5. The first-order chi connectivity index (χ1) is 10.2. The Hall–Kier alpha value is -1.63. The molecule has 3 N–H and O–H groups in total. The van der Waals surface area contributed by atoms with E-state index in [1.807, 2.05) is 18.2 Å². The van der Waals surface area contributed by atoms with Crippen LogP contribution in [0.25, 0.3) is 11.1 Å². The summed E-state index contributed by atoms with van der Waals surface area (Å²) in [6.45, 7) is 0.816. The van der Waals surface area contributed by atoms with E-state index in [9.17, 15) is 0 Å². The lowest BCUT2D eigenvalue weighted by Gasteiger charge is -2.06. The van der Waals surface area contributed by atoms with Crippen LogP contribution in [0.2, 0.25) is 4.34 Å². The van der Waals surface area contributed by atoms with Crippen molar-refractivity contribution < 1.29 is 0 Å². The SMILES string of the molecule is Nc1nsc(NCCc2ccc(Cl)s2)c1-c1ccncc1. The molecule has 0 saturated heterocycles. The summed E-state index contributed by atoms with van der Waals surface area (Å²) in [5, 5.41) is 4.40. The minimum Gasteiger partial charge on any atom is -0.382 e. The average Bonchev–Trinajstić information content (AvgIpc) is 3.06. The van der Waals surface area contributed by atoms with Gasteiger partial charge in [-0.15, -0.1) is 11.3 Å². The number of pyridine rings is 1. The smallest absolute Gasteiger partial charge is 0.147 e. The Morgan fingerprint density at radius 1 is 1.19 bits per heavy atom. The quantitative estimate of drug-likeness (QED) is 0.734. The number of nitrogen functional groups attached to an aromatic ring is 1. The second-order valence-electron chi connectivity index (χ2n) is 4.39. The van der Waals surface area contributed by atoms with Crippen LogP contribution in [0.3, 0.4) is 0 Å². The highest BCUT2D eigenvalue weighted by Crippen LogP contribution is 2.36. The molecule has 21 heavy (non-hydrogen) atoms. The Kier molecular flexibility index (Phi) is 4.38. The number of nitrogens with zero attached hydrogens (tertiary/aromatic N) is 2. The number of anilines is 2. The molecule has 3 aromatic rings. The van der Waals surface area contributed by atoms with Crippen LogP contribution < -0.4 is 11.1 Å². The van der Waals surface area contributed by atoms with Gasteiger partial charge >= 0.3 is 0 Å². The maximum atomic E-state index is 5.98. The van der Waals surface area contributed by atoms with Crippen LogP contribution in [-0.2, 0) is 6.42 Å². The average molecular weight is 337 g/mol. The van der Waals surface area contributed by atoms with Gasteiger partial charge in [-0.1, -0.05) is 11.6 Å². The van der Waals surface area contributed by atoms with E-state index in [-0.39, 0.29) is 0 Å². The molecule has 0 aliphatic carbocycles. The Morgan fingerprint density at radius 3 is 2.71 bits per heavy atom. The molecule has 0 atom stereocenters. The van der Waals surface area contributed by atoms with E-state index in [0.29, 0.717) is 5.82 Å². The molecule has 0 aliphatic heterocycles. The molecule has 0 radical (unpaired) electrons. The molecule has 7 heteroatoms. The van der Waals surface area contributed by atoms with Gasteiger partial charge in [-0.2, -0.15) is 4.37 Å². The summed E-state index contributed by atoms with van der Waals surface area (Å²) in [6.07, 6.45) is 4.43. The summed E-state index contributed by atoms with van der Waals surface area (Å²) in [7, 11) is 0. The highest BCUT2D eigenvalue weighted by Gasteiger charge is 2.13. The maximum Gasteiger partial charge on any atom is 0.147 e. The second-order valence-corrected chi connectivity index (χ2v) is 6.96. The van der Waals surface area contributed by atoms with E-state index in [1.165, 1.54) is 16.4 Å². The zero-order valence-electron chi connectivity index (χ0n) is 11.0. The lowest BCUT2D eigenvalue weighted by atomic mass is 10.1. The number of rotatable bonds is 5. The third kappa shape index (κ3) is 3.34. The lowest BCUT2D eigenvalue weighted by molar-refractivity contribution is 1.05. The molecule has 0 spiro atoms. The topological polar surface area (TPSA) is 63.8 Å². The number of nitrogens with one attached hydrogen (secondary N) is 1. The van der Waals surface area contributed by atoms with Crippen molar-refractivity contribution in [1.82, 2.24) is 9.36 Å². The molecule has 4 nitrogen and oxygen atoms in total. The van der Waals surface area contributed by atoms with Crippen molar-refractivity contribution in [2.24, 2.45) is 0 Å². The number of hydrogen-bond acceptors (Lipinski definition) is 6. The van der Waals surface area contributed by atoms with Crippen molar-refractivity contribution in [3.8, 4) is 11.1 Å². The zero-order valence-corrected chi connectivity index (χ0v) is 13.4.